The monoisotopic (exact) mass is 1110 g/mol. The largest absolute Gasteiger partial charge is 0.394 e. The van der Waals surface area contributed by atoms with Crippen molar-refractivity contribution in [2.45, 2.75) is 260 Å². The SMILES string of the molecule is C[C@H](CC[C@@H](O[C@@H]1O[C@H](C)[C@@H](O[C@H]2O[C@H](CO)[C@@H](O)[C@H](O)[C@H]2O)[C@H](O)[C@H]1O[C@H]1O[C@@H](CO)[C@H](O)[C@@H](O)[C@@H]1O)C(C)(C)O)C1CC[C@@]2(C)C3CC=C4C(CC[C@H](O[C@@H]5O[C@H](CO)[C@@H](O)[C@H](O)[C@H]5O)C4(C)C)[C@]3(C)[C@H](O)C[C@]12C. The molecule has 4 aliphatic heterocycles. The number of aliphatic hydroxyl groups excluding tert-OH is 14. The van der Waals surface area contributed by atoms with Gasteiger partial charge in [-0.25, -0.2) is 0 Å². The predicted octanol–water partition coefficient (Wildman–Crippen LogP) is -2.20. The van der Waals surface area contributed by atoms with Crippen LogP contribution in [0.4, 0.5) is 0 Å². The fraction of sp³-hybridized carbons (Fsp3) is 0.963. The van der Waals surface area contributed by atoms with Crippen molar-refractivity contribution >= 4 is 0 Å². The van der Waals surface area contributed by atoms with Crippen LogP contribution in [0.25, 0.3) is 0 Å². The molecule has 77 heavy (non-hydrogen) atoms. The second-order valence-electron chi connectivity index (χ2n) is 25.8. The molecule has 7 fully saturated rings. The Labute approximate surface area is 450 Å². The third kappa shape index (κ3) is 10.8. The first kappa shape index (κ1) is 61.9. The maximum absolute atomic E-state index is 12.7. The summed E-state index contributed by atoms with van der Waals surface area (Å²) in [6, 6.07) is 0. The number of fused-ring (bicyclic) bond motifs is 5. The van der Waals surface area contributed by atoms with Crippen molar-refractivity contribution < 1.29 is 114 Å². The van der Waals surface area contributed by atoms with Crippen molar-refractivity contribution in [2.24, 2.45) is 45.3 Å². The van der Waals surface area contributed by atoms with Gasteiger partial charge in [0.1, 0.15) is 91.6 Å². The lowest BCUT2D eigenvalue weighted by Gasteiger charge is -2.67. The molecule has 3 saturated carbocycles. The summed E-state index contributed by atoms with van der Waals surface area (Å²) >= 11 is 0. The second-order valence-corrected chi connectivity index (χ2v) is 25.8. The number of hydrogen-bond donors (Lipinski definition) is 15. The van der Waals surface area contributed by atoms with Crippen LogP contribution in [-0.2, 0) is 37.9 Å². The van der Waals surface area contributed by atoms with E-state index >= 15 is 0 Å². The first-order valence-electron chi connectivity index (χ1n) is 27.9. The molecule has 4 heterocycles. The highest BCUT2D eigenvalue weighted by Gasteiger charge is 2.70. The number of aliphatic hydroxyl groups is 15. The fourth-order valence-electron chi connectivity index (χ4n) is 15.7. The van der Waals surface area contributed by atoms with E-state index in [1.165, 1.54) is 12.5 Å². The zero-order chi connectivity index (χ0) is 56.8. The van der Waals surface area contributed by atoms with Gasteiger partial charge in [-0.1, -0.05) is 53.2 Å². The number of hydrogen-bond acceptors (Lipinski definition) is 23. The maximum Gasteiger partial charge on any atom is 0.187 e. The molecule has 0 aromatic heterocycles. The van der Waals surface area contributed by atoms with Crippen LogP contribution in [0.15, 0.2) is 11.6 Å². The van der Waals surface area contributed by atoms with E-state index in [1.807, 2.05) is 0 Å². The summed E-state index contributed by atoms with van der Waals surface area (Å²) in [7, 11) is 0. The van der Waals surface area contributed by atoms with E-state index in [-0.39, 0.29) is 40.9 Å². The lowest BCUT2D eigenvalue weighted by molar-refractivity contribution is -0.390. The molecule has 4 saturated heterocycles. The summed E-state index contributed by atoms with van der Waals surface area (Å²) in [6.45, 7) is 15.9. The van der Waals surface area contributed by atoms with Crippen LogP contribution < -0.4 is 0 Å². The molecule has 0 amide bonds. The van der Waals surface area contributed by atoms with Crippen molar-refractivity contribution in [3.05, 3.63) is 11.6 Å². The van der Waals surface area contributed by atoms with Gasteiger partial charge in [0, 0.05) is 10.8 Å². The van der Waals surface area contributed by atoms with E-state index in [0.29, 0.717) is 25.7 Å². The van der Waals surface area contributed by atoms with Crippen molar-refractivity contribution in [3.8, 4) is 0 Å². The van der Waals surface area contributed by atoms with Crippen LogP contribution in [0.1, 0.15) is 114 Å². The van der Waals surface area contributed by atoms with E-state index in [4.69, 9.17) is 37.9 Å². The van der Waals surface area contributed by atoms with Gasteiger partial charge in [0.15, 0.2) is 25.2 Å². The van der Waals surface area contributed by atoms with Crippen molar-refractivity contribution in [2.75, 3.05) is 19.8 Å². The van der Waals surface area contributed by atoms with Crippen LogP contribution in [0.2, 0.25) is 0 Å². The van der Waals surface area contributed by atoms with Gasteiger partial charge in [-0.3, -0.25) is 0 Å². The Bertz CT molecular complexity index is 2000. The van der Waals surface area contributed by atoms with Crippen LogP contribution in [0, 0.1) is 45.3 Å². The van der Waals surface area contributed by atoms with Gasteiger partial charge in [0.2, 0.25) is 0 Å². The van der Waals surface area contributed by atoms with E-state index in [9.17, 15) is 76.6 Å². The lowest BCUT2D eigenvalue weighted by atomic mass is 9.38. The molecule has 4 aliphatic carbocycles. The van der Waals surface area contributed by atoms with E-state index in [2.05, 4.69) is 47.6 Å². The highest BCUT2D eigenvalue weighted by Crippen LogP contribution is 2.75. The van der Waals surface area contributed by atoms with Gasteiger partial charge in [0.25, 0.3) is 0 Å². The Morgan fingerprint density at radius 3 is 1.58 bits per heavy atom. The Morgan fingerprint density at radius 2 is 1.09 bits per heavy atom. The molecule has 0 bridgehead atoms. The summed E-state index contributed by atoms with van der Waals surface area (Å²) in [4.78, 5) is 0. The van der Waals surface area contributed by atoms with E-state index in [1.54, 1.807) is 13.8 Å². The zero-order valence-corrected chi connectivity index (χ0v) is 45.9. The van der Waals surface area contributed by atoms with Crippen LogP contribution >= 0.6 is 0 Å². The van der Waals surface area contributed by atoms with Crippen LogP contribution in [0.3, 0.4) is 0 Å². The molecular weight excluding hydrogens is 1020 g/mol. The Hall–Kier alpha value is -1.18. The maximum atomic E-state index is 12.7. The van der Waals surface area contributed by atoms with Gasteiger partial charge in [-0.15, -0.1) is 0 Å². The van der Waals surface area contributed by atoms with Crippen molar-refractivity contribution in [3.63, 3.8) is 0 Å². The van der Waals surface area contributed by atoms with Gasteiger partial charge >= 0.3 is 0 Å². The minimum absolute atomic E-state index is 0.0229. The molecule has 0 spiro atoms. The minimum Gasteiger partial charge on any atom is -0.394 e. The summed E-state index contributed by atoms with van der Waals surface area (Å²) in [5, 5.41) is 162. The second kappa shape index (κ2) is 23.1. The summed E-state index contributed by atoms with van der Waals surface area (Å²) in [5.41, 5.74) is -1.91. The summed E-state index contributed by atoms with van der Waals surface area (Å²) in [6.07, 6.45) is -26.2. The molecule has 23 nitrogen and oxygen atoms in total. The first-order valence-corrected chi connectivity index (χ1v) is 27.9. The molecule has 8 aliphatic rings. The molecule has 0 aromatic carbocycles. The molecule has 0 aromatic rings. The highest BCUT2D eigenvalue weighted by molar-refractivity contribution is 5.32. The topological polar surface area (TPSA) is 377 Å². The number of allylic oxidation sites excluding steroid dienone is 1. The molecule has 8 rings (SSSR count). The molecule has 3 unspecified atom stereocenters. The van der Waals surface area contributed by atoms with Gasteiger partial charge in [0.05, 0.1) is 49.8 Å². The molecule has 446 valence electrons. The minimum atomic E-state index is -1.91. The number of rotatable bonds is 16. The Kier molecular flexibility index (Phi) is 18.6. The van der Waals surface area contributed by atoms with E-state index < -0.39 is 177 Å². The summed E-state index contributed by atoms with van der Waals surface area (Å²) < 4.78 is 48.5. The Morgan fingerprint density at radius 1 is 0.597 bits per heavy atom. The fourth-order valence-corrected chi connectivity index (χ4v) is 15.7. The van der Waals surface area contributed by atoms with E-state index in [0.717, 1.165) is 19.3 Å². The quantitative estimate of drug-likeness (QED) is 0.0729. The molecule has 30 atom stereocenters. The summed E-state index contributed by atoms with van der Waals surface area (Å²) in [5.74, 6) is 0.334. The average Bonchev–Trinajstić information content (AvgIpc) is 3.85. The predicted molar refractivity (Wildman–Crippen MR) is 266 cm³/mol. The first-order chi connectivity index (χ1) is 35.9. The molecule has 0 radical (unpaired) electrons. The van der Waals surface area contributed by atoms with Gasteiger partial charge in [-0.2, -0.15) is 0 Å². The third-order valence-corrected chi connectivity index (χ3v) is 20.8. The number of ether oxygens (including phenoxy) is 8. The molecule has 15 N–H and O–H groups in total. The van der Waals surface area contributed by atoms with Gasteiger partial charge in [-0.05, 0) is 107 Å². The normalized spacial score (nSPS) is 51.9. The van der Waals surface area contributed by atoms with Crippen LogP contribution in [0.5, 0.6) is 0 Å². The van der Waals surface area contributed by atoms with Crippen LogP contribution in [-0.4, -0.2) is 243 Å². The smallest absolute Gasteiger partial charge is 0.187 e. The third-order valence-electron chi connectivity index (χ3n) is 20.8. The average molecular weight is 1110 g/mol. The molecule has 23 heteroatoms. The molecular formula is C54H92O23. The highest BCUT2D eigenvalue weighted by atomic mass is 16.8. The standard InChI is InChI=1S/C54H92O23/c1-22(24-16-17-52(7)30-13-11-25-26(54(30,9)31(58)18-53(24,52)8)12-15-32(50(25,3)4)74-46-40(65)37(62)34(59)27(19-55)71-46)10-14-33(51(5,6)69)75-49-45(77-48-42(67)39(64)36(61)29(21-57)73-48)43(68)44(23(2)70-49)76-47-41(66)38(63)35(60)28(20-56)72-47/h11,22-24,26-49,55-69H,10,12-21H2,1-9H3/t22-,23-,24?,26?,27-,28-,29+,30?,31-,32+,33-,34-,35-,36+,37+,38+,39-,40-,41-,42+,43+,44-,45-,46+,47-,48-,49+,52+,53-,54+/m1/s1. The van der Waals surface area contributed by atoms with Crippen molar-refractivity contribution in [1.82, 2.24) is 0 Å². The van der Waals surface area contributed by atoms with Crippen molar-refractivity contribution in [1.29, 1.82) is 0 Å². The Balaban J connectivity index is 0.985. The zero-order valence-electron chi connectivity index (χ0n) is 45.9. The lowest BCUT2D eigenvalue weighted by Crippen LogP contribution is -2.66. The van der Waals surface area contributed by atoms with Gasteiger partial charge < -0.3 is 114 Å².